The number of fused-ring (bicyclic) bond motifs is 1. The molecule has 0 unspecified atom stereocenters. The first-order valence-corrected chi connectivity index (χ1v) is 11.3. The number of carbonyl (C=O) groups is 2. The molecule has 170 valence electrons. The first kappa shape index (κ1) is 22.0. The van der Waals surface area contributed by atoms with Gasteiger partial charge in [-0.05, 0) is 43.4 Å². The second-order valence-electron chi connectivity index (χ2n) is 8.22. The van der Waals surface area contributed by atoms with Gasteiger partial charge >= 0.3 is 12.1 Å². The molecule has 2 heterocycles. The van der Waals surface area contributed by atoms with Crippen molar-refractivity contribution in [3.05, 3.63) is 59.7 Å². The summed E-state index contributed by atoms with van der Waals surface area (Å²) in [6, 6.07) is 15.7. The van der Waals surface area contributed by atoms with Gasteiger partial charge in [0.15, 0.2) is 0 Å². The third kappa shape index (κ3) is 5.52. The molecular weight excluding hydrogens is 408 g/mol. The predicted octanol–water partition coefficient (Wildman–Crippen LogP) is 3.70. The highest BCUT2D eigenvalue weighted by atomic mass is 16.5. The molecule has 0 aromatic heterocycles. The number of carbonyl (C=O) groups excluding carboxylic acids is 2. The predicted molar refractivity (Wildman–Crippen MR) is 121 cm³/mol. The first-order valence-electron chi connectivity index (χ1n) is 11.3. The number of hydrogen-bond donors (Lipinski definition) is 1. The molecule has 1 saturated heterocycles. The van der Waals surface area contributed by atoms with E-state index in [9.17, 15) is 9.59 Å². The summed E-state index contributed by atoms with van der Waals surface area (Å²) in [4.78, 5) is 26.4. The summed E-state index contributed by atoms with van der Waals surface area (Å²) in [5.41, 5.74) is 3.11. The zero-order valence-corrected chi connectivity index (χ0v) is 18.4. The third-order valence-corrected chi connectivity index (χ3v) is 5.97. The lowest BCUT2D eigenvalue weighted by molar-refractivity contribution is -0.148. The maximum Gasteiger partial charge on any atom is 0.407 e. The Morgan fingerprint density at radius 2 is 1.88 bits per heavy atom. The Hall–Kier alpha value is -3.22. The van der Waals surface area contributed by atoms with Gasteiger partial charge in [0, 0.05) is 24.8 Å². The number of nitrogens with zero attached hydrogens (tertiary/aromatic N) is 1. The van der Waals surface area contributed by atoms with Crippen LogP contribution < -0.4 is 15.0 Å². The van der Waals surface area contributed by atoms with E-state index in [1.54, 1.807) is 0 Å². The summed E-state index contributed by atoms with van der Waals surface area (Å²) in [5, 5.41) is 2.89. The number of amides is 1. The van der Waals surface area contributed by atoms with Crippen molar-refractivity contribution in [2.45, 2.75) is 38.8 Å². The Morgan fingerprint density at radius 1 is 1.09 bits per heavy atom. The first-order chi connectivity index (χ1) is 15.6. The van der Waals surface area contributed by atoms with Gasteiger partial charge in [-0.15, -0.1) is 0 Å². The minimum atomic E-state index is -0.438. The number of hydrogen-bond acceptors (Lipinski definition) is 6. The Kier molecular flexibility index (Phi) is 7.14. The highest BCUT2D eigenvalue weighted by Gasteiger charge is 2.27. The SMILES string of the molecule is CCOC(=O)C1CCN(c2ccc3c(c2)OC[C@H](NC(=O)OCc2ccccc2)C3)CC1. The summed E-state index contributed by atoms with van der Waals surface area (Å²) >= 11 is 0. The van der Waals surface area contributed by atoms with E-state index in [0.29, 0.717) is 19.6 Å². The van der Waals surface area contributed by atoms with E-state index in [4.69, 9.17) is 14.2 Å². The smallest absolute Gasteiger partial charge is 0.407 e. The maximum absolute atomic E-state index is 12.1. The van der Waals surface area contributed by atoms with Gasteiger partial charge in [-0.25, -0.2) is 4.79 Å². The van der Waals surface area contributed by atoms with Crippen LogP contribution in [0.4, 0.5) is 10.5 Å². The summed E-state index contributed by atoms with van der Waals surface area (Å²) < 4.78 is 16.4. The van der Waals surface area contributed by atoms with Gasteiger partial charge in [-0.1, -0.05) is 36.4 Å². The molecule has 1 atom stereocenters. The number of alkyl carbamates (subject to hydrolysis) is 1. The van der Waals surface area contributed by atoms with Crippen LogP contribution in [0.15, 0.2) is 48.5 Å². The Balaban J connectivity index is 1.27. The van der Waals surface area contributed by atoms with Crippen LogP contribution in [0, 0.1) is 5.92 Å². The fourth-order valence-electron chi connectivity index (χ4n) is 4.22. The fraction of sp³-hybridized carbons (Fsp3) is 0.440. The van der Waals surface area contributed by atoms with Gasteiger partial charge in [-0.3, -0.25) is 4.79 Å². The van der Waals surface area contributed by atoms with Crippen molar-refractivity contribution in [1.82, 2.24) is 5.32 Å². The van der Waals surface area contributed by atoms with Crippen LogP contribution in [0.25, 0.3) is 0 Å². The van der Waals surface area contributed by atoms with Gasteiger partial charge < -0.3 is 24.4 Å². The Morgan fingerprint density at radius 3 is 2.62 bits per heavy atom. The number of benzene rings is 2. The normalized spacial score (nSPS) is 18.3. The molecule has 0 aliphatic carbocycles. The summed E-state index contributed by atoms with van der Waals surface area (Å²) in [5.74, 6) is 0.765. The molecule has 0 radical (unpaired) electrons. The average molecular weight is 439 g/mol. The quantitative estimate of drug-likeness (QED) is 0.693. The van der Waals surface area contributed by atoms with Gasteiger partial charge in [0.1, 0.15) is 19.0 Å². The molecule has 1 N–H and O–H groups in total. The molecule has 7 nitrogen and oxygen atoms in total. The molecule has 2 aromatic carbocycles. The topological polar surface area (TPSA) is 77.1 Å². The van der Waals surface area contributed by atoms with E-state index in [1.807, 2.05) is 37.3 Å². The van der Waals surface area contributed by atoms with Crippen molar-refractivity contribution < 1.29 is 23.8 Å². The van der Waals surface area contributed by atoms with Crippen LogP contribution in [0.3, 0.4) is 0 Å². The van der Waals surface area contributed by atoms with E-state index in [2.05, 4.69) is 28.4 Å². The Bertz CT molecular complexity index is 925. The molecule has 0 bridgehead atoms. The van der Waals surface area contributed by atoms with Crippen molar-refractivity contribution in [2.24, 2.45) is 5.92 Å². The minimum absolute atomic E-state index is 0.00597. The summed E-state index contributed by atoms with van der Waals surface area (Å²) in [6.07, 6.45) is 1.86. The van der Waals surface area contributed by atoms with Crippen molar-refractivity contribution >= 4 is 17.7 Å². The van der Waals surface area contributed by atoms with Crippen LogP contribution in [0.5, 0.6) is 5.75 Å². The van der Waals surface area contributed by atoms with E-state index in [0.717, 1.165) is 48.5 Å². The van der Waals surface area contributed by atoms with Crippen molar-refractivity contribution in [2.75, 3.05) is 31.2 Å². The maximum atomic E-state index is 12.1. The van der Waals surface area contributed by atoms with Crippen LogP contribution in [-0.4, -0.2) is 44.4 Å². The highest BCUT2D eigenvalue weighted by Crippen LogP contribution is 2.32. The van der Waals surface area contributed by atoms with Crippen LogP contribution >= 0.6 is 0 Å². The van der Waals surface area contributed by atoms with E-state index in [1.165, 1.54) is 0 Å². The lowest BCUT2D eigenvalue weighted by Gasteiger charge is -2.33. The number of nitrogens with one attached hydrogen (secondary N) is 1. The zero-order chi connectivity index (χ0) is 22.3. The Labute approximate surface area is 188 Å². The second kappa shape index (κ2) is 10.4. The molecule has 0 spiro atoms. The van der Waals surface area contributed by atoms with Crippen molar-refractivity contribution in [1.29, 1.82) is 0 Å². The van der Waals surface area contributed by atoms with E-state index >= 15 is 0 Å². The monoisotopic (exact) mass is 438 g/mol. The standard InChI is InChI=1S/C25H30N2O5/c1-2-30-24(28)19-10-12-27(13-11-19)22-9-8-20-14-21(17-31-23(20)15-22)26-25(29)32-16-18-6-4-3-5-7-18/h3-9,15,19,21H,2,10-14,16-17H2,1H3,(H,26,29)/t21-/m1/s1. The molecule has 4 rings (SSSR count). The van der Waals surface area contributed by atoms with Gasteiger partial charge in [0.05, 0.1) is 18.6 Å². The zero-order valence-electron chi connectivity index (χ0n) is 18.4. The number of piperidine rings is 1. The van der Waals surface area contributed by atoms with E-state index in [-0.39, 0.29) is 24.5 Å². The number of rotatable bonds is 6. The second-order valence-corrected chi connectivity index (χ2v) is 8.22. The van der Waals surface area contributed by atoms with Gasteiger partial charge in [0.25, 0.3) is 0 Å². The molecule has 2 aromatic rings. The van der Waals surface area contributed by atoms with Gasteiger partial charge in [-0.2, -0.15) is 0 Å². The molecular formula is C25H30N2O5. The van der Waals surface area contributed by atoms with Crippen LogP contribution in [0.2, 0.25) is 0 Å². The average Bonchev–Trinajstić information content (AvgIpc) is 2.83. The molecule has 32 heavy (non-hydrogen) atoms. The number of anilines is 1. The summed E-state index contributed by atoms with van der Waals surface area (Å²) in [7, 11) is 0. The fourth-order valence-corrected chi connectivity index (χ4v) is 4.22. The molecule has 2 aliphatic rings. The highest BCUT2D eigenvalue weighted by molar-refractivity contribution is 5.73. The number of ether oxygens (including phenoxy) is 3. The molecule has 2 aliphatic heterocycles. The molecule has 7 heteroatoms. The minimum Gasteiger partial charge on any atom is -0.491 e. The third-order valence-electron chi connectivity index (χ3n) is 5.97. The molecule has 1 fully saturated rings. The summed E-state index contributed by atoms with van der Waals surface area (Å²) in [6.45, 7) is 4.56. The number of esters is 1. The van der Waals surface area contributed by atoms with E-state index < -0.39 is 6.09 Å². The van der Waals surface area contributed by atoms with Crippen LogP contribution in [-0.2, 0) is 27.3 Å². The van der Waals surface area contributed by atoms with Crippen molar-refractivity contribution in [3.63, 3.8) is 0 Å². The molecule has 0 saturated carbocycles. The van der Waals surface area contributed by atoms with Crippen molar-refractivity contribution in [3.8, 4) is 5.75 Å². The van der Waals surface area contributed by atoms with Gasteiger partial charge in [0.2, 0.25) is 0 Å². The lowest BCUT2D eigenvalue weighted by atomic mass is 9.96. The lowest BCUT2D eigenvalue weighted by Crippen LogP contribution is -2.43. The molecule has 1 amide bonds. The van der Waals surface area contributed by atoms with Crippen LogP contribution in [0.1, 0.15) is 30.9 Å². The largest absolute Gasteiger partial charge is 0.491 e.